The van der Waals surface area contributed by atoms with E-state index in [2.05, 4.69) is 19.2 Å². The second-order valence-corrected chi connectivity index (χ2v) is 16.4. The van der Waals surface area contributed by atoms with Crippen molar-refractivity contribution in [3.8, 4) is 5.75 Å². The van der Waals surface area contributed by atoms with Crippen molar-refractivity contribution in [3.63, 3.8) is 0 Å². The standard InChI is InChI=1S/C38H54ClN3O9S/c1-21(2)52-15-14-32(43)41(7)24(5)36(45)50-31-20-33(44)42(8)27-17-25(18-30(48-10)34(27)39)16-22(3)12-11-13-28(47-9)26-19-29(49-37(46)40-26)23(4)35-38(31,6)51-35/h11-13,17-18,21,23-24,26,28-29,31,35H,14-16,19-20H2,1-10H3,(H,40,46)/b13-11-,22-12+/t23-,24?,26?,28?,29?,31?,35?,38?/m1/s1. The Morgan fingerprint density at radius 2 is 1.92 bits per heavy atom. The summed E-state index contributed by atoms with van der Waals surface area (Å²) in [6.45, 7) is 11.4. The molecule has 0 aliphatic carbocycles. The highest BCUT2D eigenvalue weighted by Crippen LogP contribution is 2.49. The van der Waals surface area contributed by atoms with Crippen molar-refractivity contribution in [1.29, 1.82) is 0 Å². The van der Waals surface area contributed by atoms with Gasteiger partial charge in [-0.3, -0.25) is 9.59 Å². The second kappa shape index (κ2) is 17.7. The van der Waals surface area contributed by atoms with E-state index in [0.29, 0.717) is 35.3 Å². The number of carbonyl (C=O) groups excluding carboxylic acids is 4. The molecule has 0 saturated carbocycles. The van der Waals surface area contributed by atoms with Crippen LogP contribution in [-0.2, 0) is 39.8 Å². The summed E-state index contributed by atoms with van der Waals surface area (Å²) < 4.78 is 29.6. The van der Waals surface area contributed by atoms with Crippen molar-refractivity contribution in [2.24, 2.45) is 5.92 Å². The molecule has 1 N–H and O–H groups in total. The van der Waals surface area contributed by atoms with Crippen LogP contribution in [0.15, 0.2) is 35.9 Å². The Labute approximate surface area is 316 Å². The Balaban J connectivity index is 1.70. The van der Waals surface area contributed by atoms with Crippen LogP contribution in [0.4, 0.5) is 10.5 Å². The molecule has 2 fully saturated rings. The molecule has 12 nitrogen and oxygen atoms in total. The number of alkyl carbamates (subject to hydrolysis) is 1. The lowest BCUT2D eigenvalue weighted by Gasteiger charge is -2.36. The lowest BCUT2D eigenvalue weighted by atomic mass is 9.84. The molecule has 3 aliphatic heterocycles. The SMILES string of the molecule is COc1cc2cc(c1Cl)N(C)C(=O)CC(OC(=O)C(C)N(C)C(=O)CCSC(C)C)C1(C)OC1[C@H](C)C1CC(NC(=O)O1)C(OC)/C=C\C=C(/C)C2. The van der Waals surface area contributed by atoms with E-state index in [-0.39, 0.29) is 41.6 Å². The molecule has 52 heavy (non-hydrogen) atoms. The number of nitrogens with zero attached hydrogens (tertiary/aromatic N) is 2. The van der Waals surface area contributed by atoms with Crippen LogP contribution in [0.25, 0.3) is 0 Å². The van der Waals surface area contributed by atoms with Gasteiger partial charge in [-0.2, -0.15) is 11.8 Å². The number of anilines is 1. The van der Waals surface area contributed by atoms with Gasteiger partial charge in [0.05, 0.1) is 37.5 Å². The first kappa shape index (κ1) is 41.5. The third-order valence-corrected chi connectivity index (χ3v) is 11.7. The van der Waals surface area contributed by atoms with Crippen LogP contribution in [-0.4, -0.2) is 110 Å². The third kappa shape index (κ3) is 9.83. The predicted molar refractivity (Wildman–Crippen MR) is 202 cm³/mol. The number of allylic oxidation sites excluding steroid dienone is 3. The summed E-state index contributed by atoms with van der Waals surface area (Å²) in [5.41, 5.74) is 1.21. The van der Waals surface area contributed by atoms with Gasteiger partial charge in [0, 0.05) is 45.7 Å². The smallest absolute Gasteiger partial charge is 0.407 e. The maximum atomic E-state index is 14.1. The van der Waals surface area contributed by atoms with Gasteiger partial charge in [0.1, 0.15) is 34.6 Å². The molecule has 7 unspecified atom stereocenters. The molecule has 1 aromatic carbocycles. The first-order chi connectivity index (χ1) is 24.5. The monoisotopic (exact) mass is 763 g/mol. The van der Waals surface area contributed by atoms with Gasteiger partial charge in [-0.15, -0.1) is 0 Å². The Bertz CT molecular complexity index is 1550. The number of rotatable bonds is 9. The fourth-order valence-electron chi connectivity index (χ4n) is 6.72. The molecule has 288 valence electrons. The van der Waals surface area contributed by atoms with E-state index < -0.39 is 48.1 Å². The zero-order valence-corrected chi connectivity index (χ0v) is 33.5. The van der Waals surface area contributed by atoms with Crippen molar-refractivity contribution in [1.82, 2.24) is 10.2 Å². The van der Waals surface area contributed by atoms with Gasteiger partial charge in [0.25, 0.3) is 0 Å². The third-order valence-electron chi connectivity index (χ3n) is 10.2. The number of methoxy groups -OCH3 is 2. The molecule has 0 aromatic heterocycles. The minimum atomic E-state index is -1.11. The highest BCUT2D eigenvalue weighted by Gasteiger charge is 2.64. The number of hydrogen-bond acceptors (Lipinski definition) is 10. The summed E-state index contributed by atoms with van der Waals surface area (Å²) in [6.07, 6.45) is 3.63. The number of fused-ring (bicyclic) bond motifs is 5. The Morgan fingerprint density at radius 3 is 2.58 bits per heavy atom. The topological polar surface area (TPSA) is 136 Å². The first-order valence-corrected chi connectivity index (χ1v) is 19.2. The van der Waals surface area contributed by atoms with Crippen LogP contribution < -0.4 is 15.0 Å². The fraction of sp³-hybridized carbons (Fsp3) is 0.632. The summed E-state index contributed by atoms with van der Waals surface area (Å²) in [4.78, 5) is 56.4. The van der Waals surface area contributed by atoms with Crippen LogP contribution in [0, 0.1) is 5.92 Å². The molecule has 4 bridgehead atoms. The molecule has 0 spiro atoms. The molecule has 2 saturated heterocycles. The second-order valence-electron chi connectivity index (χ2n) is 14.4. The van der Waals surface area contributed by atoms with Gasteiger partial charge in [0.2, 0.25) is 11.8 Å². The van der Waals surface area contributed by atoms with Crippen molar-refractivity contribution in [2.75, 3.05) is 39.0 Å². The lowest BCUT2D eigenvalue weighted by Crippen LogP contribution is -2.53. The Hall–Kier alpha value is -3.26. The van der Waals surface area contributed by atoms with E-state index in [0.717, 1.165) is 11.1 Å². The molecule has 4 rings (SSSR count). The average Bonchev–Trinajstić information content (AvgIpc) is 3.80. The number of esters is 1. The lowest BCUT2D eigenvalue weighted by molar-refractivity contribution is -0.161. The predicted octanol–water partition coefficient (Wildman–Crippen LogP) is 5.73. The summed E-state index contributed by atoms with van der Waals surface area (Å²) >= 11 is 8.44. The van der Waals surface area contributed by atoms with Crippen molar-refractivity contribution < 1.29 is 42.9 Å². The van der Waals surface area contributed by atoms with E-state index in [4.69, 9.17) is 35.3 Å². The number of ether oxygens (including phenoxy) is 5. The minimum Gasteiger partial charge on any atom is -0.495 e. The number of halogens is 1. The zero-order chi connectivity index (χ0) is 38.5. The van der Waals surface area contributed by atoms with Crippen LogP contribution in [0.2, 0.25) is 5.02 Å². The van der Waals surface area contributed by atoms with Gasteiger partial charge in [-0.25, -0.2) is 9.59 Å². The number of amides is 3. The van der Waals surface area contributed by atoms with Crippen molar-refractivity contribution in [3.05, 3.63) is 46.5 Å². The number of likely N-dealkylation sites (N-methyl/N-ethyl adjacent to an activating group) is 1. The molecule has 0 radical (unpaired) electrons. The van der Waals surface area contributed by atoms with E-state index in [1.807, 2.05) is 44.2 Å². The maximum Gasteiger partial charge on any atom is 0.407 e. The molecule has 3 amide bonds. The van der Waals surface area contributed by atoms with Crippen LogP contribution in [0.1, 0.15) is 66.4 Å². The van der Waals surface area contributed by atoms with Crippen molar-refractivity contribution >= 4 is 52.9 Å². The number of epoxide rings is 1. The quantitative estimate of drug-likeness (QED) is 0.246. The Morgan fingerprint density at radius 1 is 1.21 bits per heavy atom. The number of thioether (sulfide) groups is 1. The van der Waals surface area contributed by atoms with Gasteiger partial charge >= 0.3 is 12.1 Å². The number of benzene rings is 1. The summed E-state index contributed by atoms with van der Waals surface area (Å²) in [7, 11) is 6.29. The molecule has 3 heterocycles. The van der Waals surface area contributed by atoms with Gasteiger partial charge in [0.15, 0.2) is 0 Å². The van der Waals surface area contributed by atoms with Gasteiger partial charge in [-0.05, 0) is 50.1 Å². The van der Waals surface area contributed by atoms with Crippen LogP contribution in [0.5, 0.6) is 5.75 Å². The molecule has 1 aromatic rings. The molecular weight excluding hydrogens is 710 g/mol. The van der Waals surface area contributed by atoms with Gasteiger partial charge < -0.3 is 38.8 Å². The highest BCUT2D eigenvalue weighted by atomic mass is 35.5. The van der Waals surface area contributed by atoms with Gasteiger partial charge in [-0.1, -0.05) is 56.2 Å². The van der Waals surface area contributed by atoms with E-state index in [1.54, 1.807) is 46.8 Å². The number of hydrogen-bond donors (Lipinski definition) is 1. The van der Waals surface area contributed by atoms with E-state index in [9.17, 15) is 19.2 Å². The van der Waals surface area contributed by atoms with E-state index >= 15 is 0 Å². The molecule has 8 atom stereocenters. The number of carbonyl (C=O) groups is 4. The summed E-state index contributed by atoms with van der Waals surface area (Å²) in [5, 5.41) is 3.53. The average molecular weight is 764 g/mol. The minimum absolute atomic E-state index is 0.186. The molecular formula is C38H54ClN3O9S. The first-order valence-electron chi connectivity index (χ1n) is 17.7. The highest BCUT2D eigenvalue weighted by molar-refractivity contribution is 7.99. The maximum absolute atomic E-state index is 14.1. The van der Waals surface area contributed by atoms with Crippen LogP contribution in [0.3, 0.4) is 0 Å². The van der Waals surface area contributed by atoms with Crippen LogP contribution >= 0.6 is 23.4 Å². The van der Waals surface area contributed by atoms with Crippen molar-refractivity contribution in [2.45, 2.75) is 115 Å². The normalized spacial score (nSPS) is 30.2. The largest absolute Gasteiger partial charge is 0.495 e. The number of nitrogens with one attached hydrogen (secondary N) is 1. The molecule has 14 heteroatoms. The van der Waals surface area contributed by atoms with E-state index in [1.165, 1.54) is 16.9 Å². The Kier molecular flexibility index (Phi) is 14.1. The fourth-order valence-corrected chi connectivity index (χ4v) is 7.80. The summed E-state index contributed by atoms with van der Waals surface area (Å²) in [5.74, 6) is -0.530. The molecule has 3 aliphatic rings. The summed E-state index contributed by atoms with van der Waals surface area (Å²) in [6, 6.07) is 2.37. The zero-order valence-electron chi connectivity index (χ0n) is 31.9.